The zero-order valence-corrected chi connectivity index (χ0v) is 23.1. The molecule has 0 bridgehead atoms. The molecule has 200 valence electrons. The smallest absolute Gasteiger partial charge is 0.414 e. The molecule has 38 heavy (non-hydrogen) atoms. The number of nitrogens with one attached hydrogen (secondary N) is 1. The average Bonchev–Trinajstić information content (AvgIpc) is 2.93. The van der Waals surface area contributed by atoms with Crippen LogP contribution in [0.3, 0.4) is 0 Å². The molecule has 0 fully saturated rings. The van der Waals surface area contributed by atoms with E-state index in [1.807, 2.05) is 65.5 Å². The Morgan fingerprint density at radius 1 is 0.921 bits per heavy atom. The largest absolute Gasteiger partial charge is 0.452 e. The molecule has 0 aliphatic carbocycles. The number of carbonyl (C=O) groups is 3. The molecule has 2 aromatic carbocycles. The number of carbonyl (C=O) groups excluding carboxylic acids is 3. The fourth-order valence-corrected chi connectivity index (χ4v) is 4.32. The lowest BCUT2D eigenvalue weighted by molar-refractivity contribution is -0.697. The van der Waals surface area contributed by atoms with E-state index in [-0.39, 0.29) is 32.1 Å². The van der Waals surface area contributed by atoms with Crippen LogP contribution in [0.4, 0.5) is 21.0 Å². The van der Waals surface area contributed by atoms with Crippen molar-refractivity contribution >= 4 is 45.4 Å². The normalized spacial score (nSPS) is 10.4. The molecule has 10 heteroatoms. The fourth-order valence-electron chi connectivity index (χ4n) is 3.81. The topological polar surface area (TPSA) is 92.1 Å². The van der Waals surface area contributed by atoms with E-state index in [1.54, 1.807) is 23.1 Å². The molecule has 9 nitrogen and oxygen atoms in total. The van der Waals surface area contributed by atoms with Gasteiger partial charge in [-0.15, -0.1) is 0 Å². The molecule has 1 heterocycles. The molecule has 3 amide bonds. The van der Waals surface area contributed by atoms with Crippen molar-refractivity contribution in [1.82, 2.24) is 5.32 Å². The van der Waals surface area contributed by atoms with Crippen molar-refractivity contribution in [1.29, 1.82) is 0 Å². The van der Waals surface area contributed by atoms with Crippen LogP contribution in [0, 0.1) is 0 Å². The zero-order chi connectivity index (χ0) is 27.3. The number of aryl methyl sites for hydroxylation is 1. The van der Waals surface area contributed by atoms with Gasteiger partial charge in [-0.2, -0.15) is 0 Å². The van der Waals surface area contributed by atoms with Gasteiger partial charge in [-0.3, -0.25) is 9.69 Å². The van der Waals surface area contributed by atoms with Crippen LogP contribution in [0.15, 0.2) is 83.6 Å². The van der Waals surface area contributed by atoms with Gasteiger partial charge in [0.15, 0.2) is 12.4 Å². The summed E-state index contributed by atoms with van der Waals surface area (Å²) in [5.41, 5.74) is 1.87. The number of rotatable bonds is 11. The van der Waals surface area contributed by atoms with Crippen LogP contribution in [0.1, 0.15) is 23.7 Å². The molecule has 0 radical (unpaired) electrons. The summed E-state index contributed by atoms with van der Waals surface area (Å²) < 4.78 is 13.0. The molecular formula is C28H32BrN4O5+. The first kappa shape index (κ1) is 28.6. The first-order valence-corrected chi connectivity index (χ1v) is 13.1. The molecule has 0 saturated heterocycles. The van der Waals surface area contributed by atoms with Gasteiger partial charge < -0.3 is 19.7 Å². The van der Waals surface area contributed by atoms with E-state index in [2.05, 4.69) is 28.2 Å². The summed E-state index contributed by atoms with van der Waals surface area (Å²) in [6, 6.07) is 20.0. The summed E-state index contributed by atoms with van der Waals surface area (Å²) in [5.74, 6) is -0.206. The molecule has 1 aromatic heterocycles. The SMILES string of the molecule is CCC[n+]1cc(Br)cc(C(=O)N(CCOC(=O)NCCN(C(=O)OC)c2ccccc2)c2ccccc2)c1. The molecule has 3 aromatic rings. The van der Waals surface area contributed by atoms with Crippen LogP contribution in [-0.4, -0.2) is 51.4 Å². The van der Waals surface area contributed by atoms with E-state index in [0.717, 1.165) is 17.4 Å². The number of aromatic nitrogens is 1. The third-order valence-corrected chi connectivity index (χ3v) is 5.98. The second kappa shape index (κ2) is 14.7. The second-order valence-electron chi connectivity index (χ2n) is 8.29. The number of anilines is 2. The van der Waals surface area contributed by atoms with Crippen molar-refractivity contribution in [3.63, 3.8) is 0 Å². The van der Waals surface area contributed by atoms with Gasteiger partial charge in [-0.1, -0.05) is 43.3 Å². The summed E-state index contributed by atoms with van der Waals surface area (Å²) in [6.07, 6.45) is 3.50. The van der Waals surface area contributed by atoms with Crippen molar-refractivity contribution in [3.05, 3.63) is 89.2 Å². The predicted molar refractivity (Wildman–Crippen MR) is 148 cm³/mol. The molecule has 0 spiro atoms. The lowest BCUT2D eigenvalue weighted by Crippen LogP contribution is -2.40. The monoisotopic (exact) mass is 583 g/mol. The Labute approximate surface area is 231 Å². The Morgan fingerprint density at radius 2 is 1.55 bits per heavy atom. The van der Waals surface area contributed by atoms with Gasteiger partial charge in [0.2, 0.25) is 0 Å². The Morgan fingerprint density at radius 3 is 2.16 bits per heavy atom. The number of para-hydroxylation sites is 2. The van der Waals surface area contributed by atoms with Crippen molar-refractivity contribution < 1.29 is 28.4 Å². The number of pyridine rings is 1. The summed E-state index contributed by atoms with van der Waals surface area (Å²) >= 11 is 3.49. The van der Waals surface area contributed by atoms with Crippen molar-refractivity contribution in [2.45, 2.75) is 19.9 Å². The summed E-state index contributed by atoms with van der Waals surface area (Å²) in [5, 5.41) is 2.64. The van der Waals surface area contributed by atoms with E-state index in [1.165, 1.54) is 12.0 Å². The second-order valence-corrected chi connectivity index (χ2v) is 9.21. The Bertz CT molecular complexity index is 1210. The van der Waals surface area contributed by atoms with E-state index in [0.29, 0.717) is 16.9 Å². The van der Waals surface area contributed by atoms with Crippen molar-refractivity contribution in [2.75, 3.05) is 43.2 Å². The van der Waals surface area contributed by atoms with Gasteiger partial charge in [0.05, 0.1) is 18.1 Å². The van der Waals surface area contributed by atoms with E-state index >= 15 is 0 Å². The summed E-state index contributed by atoms with van der Waals surface area (Å²) in [6.45, 7) is 3.35. The quantitative estimate of drug-likeness (QED) is 0.328. The Balaban J connectivity index is 1.59. The number of hydrogen-bond donors (Lipinski definition) is 1. The third-order valence-electron chi connectivity index (χ3n) is 5.54. The van der Waals surface area contributed by atoms with Gasteiger partial charge in [0.1, 0.15) is 18.7 Å². The van der Waals surface area contributed by atoms with Gasteiger partial charge in [-0.25, -0.2) is 14.2 Å². The first-order valence-electron chi connectivity index (χ1n) is 12.3. The number of benzene rings is 2. The van der Waals surface area contributed by atoms with Gasteiger partial charge >= 0.3 is 12.2 Å². The van der Waals surface area contributed by atoms with Gasteiger partial charge in [0, 0.05) is 30.9 Å². The molecule has 0 aliphatic heterocycles. The maximum Gasteiger partial charge on any atom is 0.414 e. The maximum atomic E-state index is 13.5. The zero-order valence-electron chi connectivity index (χ0n) is 21.5. The predicted octanol–water partition coefficient (Wildman–Crippen LogP) is 4.79. The highest BCUT2D eigenvalue weighted by Crippen LogP contribution is 2.18. The molecule has 1 N–H and O–H groups in total. The highest BCUT2D eigenvalue weighted by molar-refractivity contribution is 9.10. The lowest BCUT2D eigenvalue weighted by Gasteiger charge is -2.23. The van der Waals surface area contributed by atoms with Crippen LogP contribution >= 0.6 is 15.9 Å². The number of alkyl carbamates (subject to hydrolysis) is 1. The molecular weight excluding hydrogens is 552 g/mol. The fraction of sp³-hybridized carbons (Fsp3) is 0.286. The number of ether oxygens (including phenoxy) is 2. The molecule has 0 aliphatic rings. The lowest BCUT2D eigenvalue weighted by atomic mass is 10.2. The Hall–Kier alpha value is -3.92. The Kier molecular flexibility index (Phi) is 11.1. The number of nitrogens with zero attached hydrogens (tertiary/aromatic N) is 3. The maximum absolute atomic E-state index is 13.5. The third kappa shape index (κ3) is 8.31. The van der Waals surface area contributed by atoms with Gasteiger partial charge in [0.25, 0.3) is 5.91 Å². The standard InChI is InChI=1S/C28H31BrN4O5/c1-3-15-31-20-22(19-23(29)21-31)26(34)32(24-10-6-4-7-11-24)17-18-38-27(35)30-14-16-33(28(36)37-2)25-12-8-5-9-13-25/h4-13,19-21H,3,14-18H2,1-2H3/p+1. The van der Waals surface area contributed by atoms with Crippen molar-refractivity contribution in [2.24, 2.45) is 0 Å². The van der Waals surface area contributed by atoms with E-state index in [9.17, 15) is 14.4 Å². The number of halogens is 1. The first-order chi connectivity index (χ1) is 18.4. The van der Waals surface area contributed by atoms with Crippen LogP contribution < -0.4 is 19.7 Å². The average molecular weight is 584 g/mol. The molecule has 0 unspecified atom stereocenters. The van der Waals surface area contributed by atoms with Crippen LogP contribution in [0.2, 0.25) is 0 Å². The summed E-state index contributed by atoms with van der Waals surface area (Å²) in [7, 11) is 1.30. The molecule has 0 atom stereocenters. The highest BCUT2D eigenvalue weighted by atomic mass is 79.9. The van der Waals surface area contributed by atoms with E-state index < -0.39 is 12.2 Å². The number of methoxy groups -OCH3 is 1. The highest BCUT2D eigenvalue weighted by Gasteiger charge is 2.22. The summed E-state index contributed by atoms with van der Waals surface area (Å²) in [4.78, 5) is 41.0. The van der Waals surface area contributed by atoms with Crippen LogP contribution in [-0.2, 0) is 16.0 Å². The minimum Gasteiger partial charge on any atom is -0.452 e. The number of amides is 3. The van der Waals surface area contributed by atoms with E-state index in [4.69, 9.17) is 9.47 Å². The number of hydrogen-bond acceptors (Lipinski definition) is 5. The minimum absolute atomic E-state index is 0.0190. The van der Waals surface area contributed by atoms with Crippen molar-refractivity contribution in [3.8, 4) is 0 Å². The minimum atomic E-state index is -0.647. The van der Waals surface area contributed by atoms with Gasteiger partial charge in [-0.05, 0) is 46.3 Å². The molecule has 3 rings (SSSR count). The molecule has 0 saturated carbocycles. The van der Waals surface area contributed by atoms with Crippen LogP contribution in [0.25, 0.3) is 0 Å². The van der Waals surface area contributed by atoms with Crippen LogP contribution in [0.5, 0.6) is 0 Å².